The van der Waals surface area contributed by atoms with E-state index in [1.807, 2.05) is 0 Å². The smallest absolute Gasteiger partial charge is 0.407 e. The molecule has 0 radical (unpaired) electrons. The van der Waals surface area contributed by atoms with Crippen LogP contribution in [0.1, 0.15) is 42.7 Å². The van der Waals surface area contributed by atoms with Gasteiger partial charge in [0.15, 0.2) is 17.1 Å². The predicted octanol–water partition coefficient (Wildman–Crippen LogP) is 5.83. The molecule has 2 aromatic carbocycles. The van der Waals surface area contributed by atoms with Crippen LogP contribution >= 0.6 is 22.9 Å². The van der Waals surface area contributed by atoms with Crippen LogP contribution in [0.4, 0.5) is 20.6 Å². The van der Waals surface area contributed by atoms with E-state index in [2.05, 4.69) is 20.6 Å². The number of aromatic nitrogens is 2. The van der Waals surface area contributed by atoms with Crippen molar-refractivity contribution in [3.05, 3.63) is 92.4 Å². The highest BCUT2D eigenvalue weighted by Crippen LogP contribution is 2.37. The molecule has 43 heavy (non-hydrogen) atoms. The van der Waals surface area contributed by atoms with Crippen LogP contribution in [-0.2, 0) is 22.4 Å². The molecule has 1 aliphatic rings. The summed E-state index contributed by atoms with van der Waals surface area (Å²) in [6.07, 6.45) is 0.193. The molecule has 3 amide bonds. The second kappa shape index (κ2) is 12.8. The lowest BCUT2D eigenvalue weighted by atomic mass is 10.0. The Morgan fingerprint density at radius 2 is 1.72 bits per heavy atom. The number of amides is 3. The summed E-state index contributed by atoms with van der Waals surface area (Å²) in [5, 5.41) is 14.7. The van der Waals surface area contributed by atoms with E-state index in [9.17, 15) is 19.5 Å². The number of pyridine rings is 1. The molecule has 2 aromatic heterocycles. The molecule has 0 saturated carbocycles. The van der Waals surface area contributed by atoms with Gasteiger partial charge in [0.25, 0.3) is 11.8 Å². The lowest BCUT2D eigenvalue weighted by molar-refractivity contribution is -0.106. The summed E-state index contributed by atoms with van der Waals surface area (Å²) in [6, 6.07) is 12.4. The number of thiazole rings is 1. The zero-order chi connectivity index (χ0) is 30.7. The first-order valence-corrected chi connectivity index (χ1v) is 14.1. The average Bonchev–Trinajstić information content (AvgIpc) is 3.44. The van der Waals surface area contributed by atoms with E-state index in [4.69, 9.17) is 21.1 Å². The molecule has 0 aliphatic carbocycles. The van der Waals surface area contributed by atoms with Gasteiger partial charge in [0.1, 0.15) is 5.69 Å². The van der Waals surface area contributed by atoms with Gasteiger partial charge in [-0.2, -0.15) is 0 Å². The SMILES string of the molecule is COC(OC)c1ccc(C(=O)Nc2cccc(-c3cccc(NC(=O)c4nc5c(s4)CN(C(=O)O)CC5)c3F)c2Cl)nc1. The highest BCUT2D eigenvalue weighted by Gasteiger charge is 2.26. The van der Waals surface area contributed by atoms with Crippen LogP contribution in [0.5, 0.6) is 0 Å². The number of carbonyl (C=O) groups excluding carboxylic acids is 2. The quantitative estimate of drug-likeness (QED) is 0.208. The summed E-state index contributed by atoms with van der Waals surface area (Å²) in [7, 11) is 2.97. The largest absolute Gasteiger partial charge is 0.465 e. The van der Waals surface area contributed by atoms with Gasteiger partial charge in [0.2, 0.25) is 0 Å². The summed E-state index contributed by atoms with van der Waals surface area (Å²) in [5.41, 5.74) is 1.94. The van der Waals surface area contributed by atoms with E-state index in [0.29, 0.717) is 22.6 Å². The molecule has 4 aromatic rings. The first-order valence-electron chi connectivity index (χ1n) is 12.9. The van der Waals surface area contributed by atoms with Gasteiger partial charge < -0.3 is 30.1 Å². The highest BCUT2D eigenvalue weighted by molar-refractivity contribution is 7.13. The predicted molar refractivity (Wildman–Crippen MR) is 158 cm³/mol. The standard InChI is InChI=1S/C29H25ClFN5O6S/c1-41-28(42-2)15-9-10-21(32-13-15)25(37)33-19-7-3-5-16(23(19)30)17-6-4-8-20(24(17)31)34-26(38)27-35-18-11-12-36(29(39)40)14-22(18)43-27/h3-10,13,28H,11-12,14H2,1-2H3,(H,33,37)(H,34,38)(H,39,40). The molecule has 0 saturated heterocycles. The number of carboxylic acid groups (broad SMARTS) is 1. The molecule has 3 heterocycles. The summed E-state index contributed by atoms with van der Waals surface area (Å²) >= 11 is 7.69. The Bertz CT molecular complexity index is 1700. The first kappa shape index (κ1) is 30.0. The topological polar surface area (TPSA) is 143 Å². The van der Waals surface area contributed by atoms with Gasteiger partial charge in [-0.3, -0.25) is 14.6 Å². The number of methoxy groups -OCH3 is 2. The molecule has 0 bridgehead atoms. The van der Waals surface area contributed by atoms with Gasteiger partial charge in [-0.15, -0.1) is 11.3 Å². The van der Waals surface area contributed by atoms with Crippen molar-refractivity contribution >= 4 is 52.2 Å². The van der Waals surface area contributed by atoms with Gasteiger partial charge >= 0.3 is 6.09 Å². The van der Waals surface area contributed by atoms with Crippen LogP contribution in [0.3, 0.4) is 0 Å². The molecule has 0 spiro atoms. The number of halogens is 2. The molecule has 14 heteroatoms. The molecule has 11 nitrogen and oxygen atoms in total. The van der Waals surface area contributed by atoms with E-state index >= 15 is 4.39 Å². The van der Waals surface area contributed by atoms with E-state index < -0.39 is 30.0 Å². The third-order valence-corrected chi connectivity index (χ3v) is 8.19. The van der Waals surface area contributed by atoms with Crippen LogP contribution in [0.25, 0.3) is 11.1 Å². The van der Waals surface area contributed by atoms with Crippen molar-refractivity contribution in [1.82, 2.24) is 14.9 Å². The average molecular weight is 626 g/mol. The molecule has 1 aliphatic heterocycles. The number of carbonyl (C=O) groups is 3. The first-order chi connectivity index (χ1) is 20.7. The minimum atomic E-state index is -1.04. The fourth-order valence-electron chi connectivity index (χ4n) is 4.54. The molecule has 5 rings (SSSR count). The maximum absolute atomic E-state index is 15.7. The summed E-state index contributed by atoms with van der Waals surface area (Å²) in [5.74, 6) is -1.89. The Labute approximate surface area is 254 Å². The van der Waals surface area contributed by atoms with Crippen molar-refractivity contribution in [1.29, 1.82) is 0 Å². The van der Waals surface area contributed by atoms with Gasteiger partial charge in [-0.05, 0) is 18.2 Å². The number of nitrogens with zero attached hydrogens (tertiary/aromatic N) is 3. The number of rotatable bonds is 8. The molecule has 0 atom stereocenters. The van der Waals surface area contributed by atoms with Crippen LogP contribution in [-0.4, -0.2) is 58.6 Å². The van der Waals surface area contributed by atoms with Crippen molar-refractivity contribution in [2.45, 2.75) is 19.3 Å². The highest BCUT2D eigenvalue weighted by atomic mass is 35.5. The second-order valence-electron chi connectivity index (χ2n) is 9.37. The van der Waals surface area contributed by atoms with Gasteiger partial charge in [0, 0.05) is 54.9 Å². The van der Waals surface area contributed by atoms with Gasteiger partial charge in [-0.25, -0.2) is 14.2 Å². The zero-order valence-corrected chi connectivity index (χ0v) is 24.5. The molecule has 3 N–H and O–H groups in total. The Morgan fingerprint density at radius 1 is 1.02 bits per heavy atom. The van der Waals surface area contributed by atoms with Crippen molar-refractivity contribution in [2.75, 3.05) is 31.4 Å². The van der Waals surface area contributed by atoms with Crippen LogP contribution in [0, 0.1) is 5.82 Å². The lowest BCUT2D eigenvalue weighted by Crippen LogP contribution is -2.34. The van der Waals surface area contributed by atoms with E-state index in [0.717, 1.165) is 11.3 Å². The van der Waals surface area contributed by atoms with Crippen molar-refractivity contribution in [2.24, 2.45) is 0 Å². The fraction of sp³-hybridized carbons (Fsp3) is 0.207. The summed E-state index contributed by atoms with van der Waals surface area (Å²) in [4.78, 5) is 47.6. The summed E-state index contributed by atoms with van der Waals surface area (Å²) in [6.45, 7) is 0.435. The normalized spacial score (nSPS) is 12.6. The van der Waals surface area contributed by atoms with E-state index in [-0.39, 0.29) is 51.3 Å². The minimum Gasteiger partial charge on any atom is -0.465 e. The van der Waals surface area contributed by atoms with Crippen molar-refractivity contribution in [3.8, 4) is 11.1 Å². The molecular weight excluding hydrogens is 601 g/mol. The van der Waals surface area contributed by atoms with Crippen molar-refractivity contribution < 1.29 is 33.4 Å². The van der Waals surface area contributed by atoms with E-state index in [1.54, 1.807) is 30.3 Å². The van der Waals surface area contributed by atoms with E-state index in [1.165, 1.54) is 43.5 Å². The Morgan fingerprint density at radius 3 is 2.40 bits per heavy atom. The van der Waals surface area contributed by atoms with Gasteiger partial charge in [-0.1, -0.05) is 41.9 Å². The number of benzene rings is 2. The van der Waals surface area contributed by atoms with Crippen LogP contribution in [0.15, 0.2) is 54.7 Å². The maximum Gasteiger partial charge on any atom is 0.407 e. The third kappa shape index (κ3) is 6.34. The molecule has 0 fully saturated rings. The second-order valence-corrected chi connectivity index (χ2v) is 10.8. The van der Waals surface area contributed by atoms with Crippen molar-refractivity contribution in [3.63, 3.8) is 0 Å². The number of anilines is 2. The number of hydrogen-bond acceptors (Lipinski definition) is 8. The molecule has 222 valence electrons. The van der Waals surface area contributed by atoms with Gasteiger partial charge in [0.05, 0.1) is 28.6 Å². The summed E-state index contributed by atoms with van der Waals surface area (Å²) < 4.78 is 26.1. The Kier molecular flexibility index (Phi) is 8.97. The van der Waals surface area contributed by atoms with Crippen LogP contribution < -0.4 is 10.6 Å². The number of fused-ring (bicyclic) bond motifs is 1. The fourth-order valence-corrected chi connectivity index (χ4v) is 5.83. The Hall–Kier alpha value is -4.43. The molecule has 0 unspecified atom stereocenters. The van der Waals surface area contributed by atoms with Crippen LogP contribution in [0.2, 0.25) is 5.02 Å². The third-order valence-electron chi connectivity index (χ3n) is 6.70. The number of nitrogens with one attached hydrogen (secondary N) is 2. The molecular formula is C29H25ClFN5O6S. The Balaban J connectivity index is 1.33. The zero-order valence-electron chi connectivity index (χ0n) is 22.9. The number of hydrogen-bond donors (Lipinski definition) is 3. The lowest BCUT2D eigenvalue weighted by Gasteiger charge is -2.22. The number of ether oxygens (including phenoxy) is 2. The minimum absolute atomic E-state index is 0.0873. The monoisotopic (exact) mass is 625 g/mol. The maximum atomic E-state index is 15.7.